The Morgan fingerprint density at radius 2 is 1.91 bits per heavy atom. The average molecular weight is 323 g/mol. The fourth-order valence-electron chi connectivity index (χ4n) is 1.76. The van der Waals surface area contributed by atoms with Crippen LogP contribution >= 0.6 is 0 Å². The highest BCUT2D eigenvalue weighted by Crippen LogP contribution is 2.08. The summed E-state index contributed by atoms with van der Waals surface area (Å²) in [7, 11) is 0. The molecule has 0 aliphatic rings. The molecule has 6 nitrogen and oxygen atoms in total. The molecule has 0 bridgehead atoms. The van der Waals surface area contributed by atoms with Gasteiger partial charge < -0.3 is 19.9 Å². The summed E-state index contributed by atoms with van der Waals surface area (Å²) in [5.41, 5.74) is 0. The first-order valence-corrected chi connectivity index (χ1v) is 7.76. The van der Waals surface area contributed by atoms with Gasteiger partial charge in [0.25, 0.3) is 0 Å². The van der Waals surface area contributed by atoms with Gasteiger partial charge in [-0.2, -0.15) is 0 Å². The number of nitrogens with one attached hydrogen (secondary N) is 1. The van der Waals surface area contributed by atoms with E-state index in [2.05, 4.69) is 5.32 Å². The third-order valence-corrected chi connectivity index (χ3v) is 3.08. The van der Waals surface area contributed by atoms with Crippen molar-refractivity contribution in [1.82, 2.24) is 5.32 Å². The maximum Gasteiger partial charge on any atom is 0.344 e. The average Bonchev–Trinajstić information content (AvgIpc) is 2.55. The van der Waals surface area contributed by atoms with E-state index in [0.29, 0.717) is 18.1 Å². The van der Waals surface area contributed by atoms with Crippen molar-refractivity contribution < 1.29 is 24.2 Å². The zero-order valence-corrected chi connectivity index (χ0v) is 13.7. The van der Waals surface area contributed by atoms with Gasteiger partial charge in [-0.1, -0.05) is 32.0 Å². The monoisotopic (exact) mass is 323 g/mol. The molecule has 0 aliphatic carbocycles. The number of esters is 1. The Morgan fingerprint density at radius 1 is 1.22 bits per heavy atom. The molecule has 23 heavy (non-hydrogen) atoms. The van der Waals surface area contributed by atoms with Gasteiger partial charge in [0.05, 0.1) is 13.2 Å². The smallest absolute Gasteiger partial charge is 0.344 e. The second-order valence-corrected chi connectivity index (χ2v) is 5.63. The Morgan fingerprint density at radius 3 is 2.52 bits per heavy atom. The predicted molar refractivity (Wildman–Crippen MR) is 86.0 cm³/mol. The van der Waals surface area contributed by atoms with Crippen LogP contribution in [-0.2, 0) is 14.3 Å². The summed E-state index contributed by atoms with van der Waals surface area (Å²) in [5.74, 6) is 0.299. The van der Waals surface area contributed by atoms with Crippen LogP contribution in [0.2, 0.25) is 0 Å². The summed E-state index contributed by atoms with van der Waals surface area (Å²) in [4.78, 5) is 23.3. The summed E-state index contributed by atoms with van der Waals surface area (Å²) in [6.45, 7) is 3.56. The van der Waals surface area contributed by atoms with E-state index in [9.17, 15) is 14.7 Å². The van der Waals surface area contributed by atoms with Gasteiger partial charge in [0, 0.05) is 6.42 Å². The van der Waals surface area contributed by atoms with Crippen LogP contribution in [0.4, 0.5) is 0 Å². The fraction of sp³-hybridized carbons (Fsp3) is 0.529. The molecule has 0 aliphatic heterocycles. The van der Waals surface area contributed by atoms with Crippen LogP contribution in [0.1, 0.15) is 26.7 Å². The molecule has 6 heteroatoms. The largest absolute Gasteiger partial charge is 0.482 e. The van der Waals surface area contributed by atoms with Crippen molar-refractivity contribution in [2.75, 3.05) is 19.8 Å². The zero-order valence-electron chi connectivity index (χ0n) is 13.7. The minimum atomic E-state index is -0.773. The van der Waals surface area contributed by atoms with Gasteiger partial charge in [0.15, 0.2) is 6.61 Å². The van der Waals surface area contributed by atoms with E-state index in [4.69, 9.17) is 9.47 Å². The molecule has 0 heterocycles. The molecule has 0 fully saturated rings. The van der Waals surface area contributed by atoms with Crippen LogP contribution in [0.5, 0.6) is 5.75 Å². The number of carbonyl (C=O) groups excluding carboxylic acids is 2. The summed E-state index contributed by atoms with van der Waals surface area (Å²) < 4.78 is 10.3. The molecule has 0 saturated heterocycles. The van der Waals surface area contributed by atoms with Crippen LogP contribution in [-0.4, -0.2) is 42.8 Å². The number of ether oxygens (including phenoxy) is 2. The first-order valence-electron chi connectivity index (χ1n) is 7.76. The minimum absolute atomic E-state index is 0.0878. The van der Waals surface area contributed by atoms with Gasteiger partial charge >= 0.3 is 5.97 Å². The van der Waals surface area contributed by atoms with Crippen molar-refractivity contribution in [3.63, 3.8) is 0 Å². The molecule has 1 amide bonds. The summed E-state index contributed by atoms with van der Waals surface area (Å²) >= 11 is 0. The van der Waals surface area contributed by atoms with Crippen molar-refractivity contribution in [1.29, 1.82) is 0 Å². The maximum absolute atomic E-state index is 11.7. The molecular formula is C17H25NO5. The number of para-hydroxylation sites is 1. The number of rotatable bonds is 10. The molecule has 1 aromatic carbocycles. The summed E-state index contributed by atoms with van der Waals surface area (Å²) in [5, 5.41) is 11.9. The van der Waals surface area contributed by atoms with E-state index in [1.165, 1.54) is 0 Å². The van der Waals surface area contributed by atoms with E-state index in [1.807, 2.05) is 19.9 Å². The Hall–Kier alpha value is -2.08. The Kier molecular flexibility index (Phi) is 8.75. The molecule has 1 aromatic rings. The van der Waals surface area contributed by atoms with Gasteiger partial charge in [-0.3, -0.25) is 4.79 Å². The van der Waals surface area contributed by atoms with Gasteiger partial charge in [-0.05, 0) is 24.5 Å². The van der Waals surface area contributed by atoms with Crippen molar-refractivity contribution in [2.45, 2.75) is 32.8 Å². The lowest BCUT2D eigenvalue weighted by atomic mass is 10.1. The van der Waals surface area contributed by atoms with Crippen LogP contribution in [0.3, 0.4) is 0 Å². The number of aliphatic hydroxyl groups excluding tert-OH is 1. The van der Waals surface area contributed by atoms with Crippen molar-refractivity contribution in [3.8, 4) is 5.75 Å². The predicted octanol–water partition coefficient (Wildman–Crippen LogP) is 1.52. The third kappa shape index (κ3) is 8.83. The van der Waals surface area contributed by atoms with Crippen LogP contribution in [0.25, 0.3) is 0 Å². The minimum Gasteiger partial charge on any atom is -0.482 e. The molecule has 128 valence electrons. The Labute approximate surface area is 136 Å². The summed E-state index contributed by atoms with van der Waals surface area (Å²) in [6, 6.07) is 8.89. The van der Waals surface area contributed by atoms with Gasteiger partial charge in [-0.25, -0.2) is 4.79 Å². The number of hydrogen-bond acceptors (Lipinski definition) is 5. The molecular weight excluding hydrogens is 298 g/mol. The molecule has 1 rings (SSSR count). The second-order valence-electron chi connectivity index (χ2n) is 5.63. The normalized spacial score (nSPS) is 11.8. The van der Waals surface area contributed by atoms with Crippen molar-refractivity contribution in [2.24, 2.45) is 5.92 Å². The lowest BCUT2D eigenvalue weighted by Gasteiger charge is -2.16. The molecule has 1 unspecified atom stereocenters. The molecule has 0 radical (unpaired) electrons. The highest BCUT2D eigenvalue weighted by molar-refractivity contribution is 5.76. The van der Waals surface area contributed by atoms with Crippen LogP contribution in [0, 0.1) is 5.92 Å². The standard InChI is InChI=1S/C17H25NO5/c1-13(2)8-9-16(20)18-10-15(11-19)23-17(21)12-22-14-6-4-3-5-7-14/h3-7,13,15,19H,8-12H2,1-2H3,(H,18,20). The van der Waals surface area contributed by atoms with Crippen molar-refractivity contribution in [3.05, 3.63) is 30.3 Å². The number of carbonyl (C=O) groups is 2. The van der Waals surface area contributed by atoms with E-state index in [-0.39, 0.29) is 25.7 Å². The topological polar surface area (TPSA) is 84.9 Å². The maximum atomic E-state index is 11.7. The Bertz CT molecular complexity index is 475. The Balaban J connectivity index is 2.26. The lowest BCUT2D eigenvalue weighted by molar-refractivity contribution is -0.153. The van der Waals surface area contributed by atoms with Gasteiger partial charge in [0.1, 0.15) is 11.9 Å². The SMILES string of the molecule is CC(C)CCC(=O)NCC(CO)OC(=O)COc1ccccc1. The molecule has 2 N–H and O–H groups in total. The molecule has 0 spiro atoms. The van der Waals surface area contributed by atoms with Crippen LogP contribution < -0.4 is 10.1 Å². The number of benzene rings is 1. The highest BCUT2D eigenvalue weighted by Gasteiger charge is 2.15. The van der Waals surface area contributed by atoms with E-state index >= 15 is 0 Å². The number of aliphatic hydroxyl groups is 1. The second kappa shape index (κ2) is 10.6. The van der Waals surface area contributed by atoms with Crippen molar-refractivity contribution >= 4 is 11.9 Å². The van der Waals surface area contributed by atoms with Crippen LogP contribution in [0.15, 0.2) is 30.3 Å². The quantitative estimate of drug-likeness (QED) is 0.638. The number of hydrogen-bond donors (Lipinski definition) is 2. The molecule has 1 atom stereocenters. The lowest BCUT2D eigenvalue weighted by Crippen LogP contribution is -2.37. The van der Waals surface area contributed by atoms with Gasteiger partial charge in [0.2, 0.25) is 5.91 Å². The highest BCUT2D eigenvalue weighted by atomic mass is 16.6. The third-order valence-electron chi connectivity index (χ3n) is 3.08. The van der Waals surface area contributed by atoms with E-state index < -0.39 is 12.1 Å². The van der Waals surface area contributed by atoms with E-state index in [0.717, 1.165) is 6.42 Å². The molecule has 0 saturated carbocycles. The van der Waals surface area contributed by atoms with Gasteiger partial charge in [-0.15, -0.1) is 0 Å². The summed E-state index contributed by atoms with van der Waals surface area (Å²) in [6.07, 6.45) is 0.436. The number of amides is 1. The van der Waals surface area contributed by atoms with E-state index in [1.54, 1.807) is 24.3 Å². The molecule has 0 aromatic heterocycles. The fourth-order valence-corrected chi connectivity index (χ4v) is 1.76. The zero-order chi connectivity index (χ0) is 17.1. The first-order chi connectivity index (χ1) is 11.0. The first kappa shape index (κ1) is 19.0.